The van der Waals surface area contributed by atoms with Crippen molar-refractivity contribution < 1.29 is 9.15 Å². The van der Waals surface area contributed by atoms with Crippen molar-refractivity contribution in [3.8, 4) is 0 Å². The molecule has 1 aromatic heterocycles. The summed E-state index contributed by atoms with van der Waals surface area (Å²) in [5, 5.41) is 3.54. The Morgan fingerprint density at radius 1 is 1.25 bits per heavy atom. The molecular weight excluding hydrogens is 300 g/mol. The molecule has 0 spiro atoms. The summed E-state index contributed by atoms with van der Waals surface area (Å²) >= 11 is 0. The largest absolute Gasteiger partial charge is 0.465 e. The SMILES string of the molecule is Cc1ccc([C@@H](C)NCc2cccc(CN3CCO[C@H](C)C3)c2)o1. The van der Waals surface area contributed by atoms with E-state index >= 15 is 0 Å². The molecule has 0 saturated carbocycles. The summed E-state index contributed by atoms with van der Waals surface area (Å²) in [4.78, 5) is 2.47. The van der Waals surface area contributed by atoms with Crippen molar-refractivity contribution in [2.24, 2.45) is 0 Å². The number of aryl methyl sites for hydroxylation is 1. The van der Waals surface area contributed by atoms with Crippen LogP contribution in [0.3, 0.4) is 0 Å². The molecule has 2 aromatic rings. The molecule has 1 fully saturated rings. The maximum Gasteiger partial charge on any atom is 0.120 e. The molecular formula is C20H28N2O2. The zero-order chi connectivity index (χ0) is 16.9. The van der Waals surface area contributed by atoms with E-state index in [1.165, 1.54) is 11.1 Å². The Morgan fingerprint density at radius 2 is 2.08 bits per heavy atom. The van der Waals surface area contributed by atoms with Crippen molar-refractivity contribution in [3.05, 3.63) is 59.0 Å². The third-order valence-corrected chi connectivity index (χ3v) is 4.52. The van der Waals surface area contributed by atoms with Crippen LogP contribution in [-0.4, -0.2) is 30.7 Å². The van der Waals surface area contributed by atoms with E-state index in [-0.39, 0.29) is 6.04 Å². The van der Waals surface area contributed by atoms with E-state index in [2.05, 4.69) is 48.3 Å². The van der Waals surface area contributed by atoms with Gasteiger partial charge in [-0.2, -0.15) is 0 Å². The van der Waals surface area contributed by atoms with Crippen LogP contribution in [-0.2, 0) is 17.8 Å². The van der Waals surface area contributed by atoms with E-state index in [0.29, 0.717) is 6.10 Å². The number of ether oxygens (including phenoxy) is 1. The molecule has 24 heavy (non-hydrogen) atoms. The van der Waals surface area contributed by atoms with Crippen LogP contribution in [0.4, 0.5) is 0 Å². The predicted octanol–water partition coefficient (Wildman–Crippen LogP) is 3.66. The standard InChI is InChI=1S/C20H28N2O2/c1-15-7-8-20(24-15)17(3)21-12-18-5-4-6-19(11-18)14-22-9-10-23-16(2)13-22/h4-8,11,16-17,21H,9-10,12-14H2,1-3H3/t16-,17-/m1/s1. The number of nitrogens with one attached hydrogen (secondary N) is 1. The fourth-order valence-electron chi connectivity index (χ4n) is 3.19. The molecule has 2 atom stereocenters. The van der Waals surface area contributed by atoms with Crippen LogP contribution >= 0.6 is 0 Å². The molecule has 1 saturated heterocycles. The minimum atomic E-state index is 0.211. The van der Waals surface area contributed by atoms with Crippen LogP contribution in [0.5, 0.6) is 0 Å². The number of benzene rings is 1. The molecule has 4 heteroatoms. The van der Waals surface area contributed by atoms with Crippen molar-refractivity contribution in [2.75, 3.05) is 19.7 Å². The Hall–Kier alpha value is -1.62. The smallest absolute Gasteiger partial charge is 0.120 e. The quantitative estimate of drug-likeness (QED) is 0.878. The summed E-state index contributed by atoms with van der Waals surface area (Å²) in [7, 11) is 0. The van der Waals surface area contributed by atoms with E-state index in [1.807, 2.05) is 19.1 Å². The van der Waals surface area contributed by atoms with Gasteiger partial charge in [0.25, 0.3) is 0 Å². The van der Waals surface area contributed by atoms with Gasteiger partial charge in [0, 0.05) is 26.2 Å². The molecule has 130 valence electrons. The zero-order valence-corrected chi connectivity index (χ0v) is 14.9. The Labute approximate surface area is 144 Å². The number of nitrogens with zero attached hydrogens (tertiary/aromatic N) is 1. The lowest BCUT2D eigenvalue weighted by atomic mass is 10.1. The normalized spacial score (nSPS) is 20.2. The van der Waals surface area contributed by atoms with E-state index in [1.54, 1.807) is 0 Å². The first-order valence-electron chi connectivity index (χ1n) is 8.81. The highest BCUT2D eigenvalue weighted by Crippen LogP contribution is 2.17. The Bertz CT molecular complexity index is 653. The number of furan rings is 1. The summed E-state index contributed by atoms with van der Waals surface area (Å²) in [6.45, 7) is 11.0. The minimum Gasteiger partial charge on any atom is -0.465 e. The molecule has 0 amide bonds. The fraction of sp³-hybridized carbons (Fsp3) is 0.500. The molecule has 0 bridgehead atoms. The van der Waals surface area contributed by atoms with Crippen LogP contribution in [0, 0.1) is 6.92 Å². The lowest BCUT2D eigenvalue weighted by molar-refractivity contribution is -0.0212. The number of rotatable bonds is 6. The Balaban J connectivity index is 1.55. The van der Waals surface area contributed by atoms with Crippen molar-refractivity contribution in [1.82, 2.24) is 10.2 Å². The highest BCUT2D eigenvalue weighted by Gasteiger charge is 2.16. The van der Waals surface area contributed by atoms with Gasteiger partial charge in [0.05, 0.1) is 18.8 Å². The Kier molecular flexibility index (Phi) is 5.72. The second kappa shape index (κ2) is 7.97. The molecule has 0 radical (unpaired) electrons. The van der Waals surface area contributed by atoms with Gasteiger partial charge in [0.15, 0.2) is 0 Å². The molecule has 0 aliphatic carbocycles. The molecule has 1 aliphatic rings. The second-order valence-electron chi connectivity index (χ2n) is 6.79. The summed E-state index contributed by atoms with van der Waals surface area (Å²) in [5.41, 5.74) is 2.67. The molecule has 1 aliphatic heterocycles. The van der Waals surface area contributed by atoms with Crippen LogP contribution in [0.2, 0.25) is 0 Å². The van der Waals surface area contributed by atoms with E-state index in [9.17, 15) is 0 Å². The van der Waals surface area contributed by atoms with Crippen LogP contribution < -0.4 is 5.32 Å². The third kappa shape index (κ3) is 4.69. The fourth-order valence-corrected chi connectivity index (χ4v) is 3.19. The minimum absolute atomic E-state index is 0.211. The number of hydrogen-bond donors (Lipinski definition) is 1. The van der Waals surface area contributed by atoms with Gasteiger partial charge in [-0.05, 0) is 44.0 Å². The number of hydrogen-bond acceptors (Lipinski definition) is 4. The average molecular weight is 328 g/mol. The Morgan fingerprint density at radius 3 is 2.83 bits per heavy atom. The van der Waals surface area contributed by atoms with Crippen LogP contribution in [0.25, 0.3) is 0 Å². The second-order valence-corrected chi connectivity index (χ2v) is 6.79. The summed E-state index contributed by atoms with van der Waals surface area (Å²) in [6, 6.07) is 13.1. The summed E-state index contributed by atoms with van der Waals surface area (Å²) < 4.78 is 11.3. The summed E-state index contributed by atoms with van der Waals surface area (Å²) in [5.74, 6) is 1.95. The van der Waals surface area contributed by atoms with Gasteiger partial charge in [0.1, 0.15) is 11.5 Å². The molecule has 1 N–H and O–H groups in total. The highest BCUT2D eigenvalue weighted by atomic mass is 16.5. The predicted molar refractivity (Wildman–Crippen MR) is 95.8 cm³/mol. The molecule has 4 nitrogen and oxygen atoms in total. The lowest BCUT2D eigenvalue weighted by Crippen LogP contribution is -2.40. The van der Waals surface area contributed by atoms with E-state index in [4.69, 9.17) is 9.15 Å². The van der Waals surface area contributed by atoms with Gasteiger partial charge in [0.2, 0.25) is 0 Å². The molecule has 1 aromatic carbocycles. The summed E-state index contributed by atoms with van der Waals surface area (Å²) in [6.07, 6.45) is 0.334. The molecule has 3 rings (SSSR count). The van der Waals surface area contributed by atoms with Gasteiger partial charge in [-0.15, -0.1) is 0 Å². The van der Waals surface area contributed by atoms with Crippen molar-refractivity contribution in [3.63, 3.8) is 0 Å². The number of morpholine rings is 1. The van der Waals surface area contributed by atoms with Gasteiger partial charge in [-0.3, -0.25) is 4.90 Å². The third-order valence-electron chi connectivity index (χ3n) is 4.52. The topological polar surface area (TPSA) is 37.6 Å². The maximum absolute atomic E-state index is 5.69. The molecule has 0 unspecified atom stereocenters. The lowest BCUT2D eigenvalue weighted by Gasteiger charge is -2.31. The van der Waals surface area contributed by atoms with E-state index < -0.39 is 0 Å². The van der Waals surface area contributed by atoms with Gasteiger partial charge >= 0.3 is 0 Å². The first kappa shape index (κ1) is 17.2. The van der Waals surface area contributed by atoms with Gasteiger partial charge in [-0.1, -0.05) is 24.3 Å². The average Bonchev–Trinajstić information content (AvgIpc) is 3.00. The maximum atomic E-state index is 5.69. The monoisotopic (exact) mass is 328 g/mol. The zero-order valence-electron chi connectivity index (χ0n) is 14.9. The van der Waals surface area contributed by atoms with Crippen molar-refractivity contribution in [1.29, 1.82) is 0 Å². The van der Waals surface area contributed by atoms with E-state index in [0.717, 1.165) is 44.3 Å². The first-order chi connectivity index (χ1) is 11.6. The first-order valence-corrected chi connectivity index (χ1v) is 8.81. The molecule has 2 heterocycles. The van der Waals surface area contributed by atoms with Gasteiger partial charge in [-0.25, -0.2) is 0 Å². The van der Waals surface area contributed by atoms with Crippen molar-refractivity contribution >= 4 is 0 Å². The van der Waals surface area contributed by atoms with Crippen LogP contribution in [0.1, 0.15) is 42.5 Å². The van der Waals surface area contributed by atoms with Gasteiger partial charge < -0.3 is 14.5 Å². The van der Waals surface area contributed by atoms with Crippen LogP contribution in [0.15, 0.2) is 40.8 Å². The van der Waals surface area contributed by atoms with Crippen molar-refractivity contribution in [2.45, 2.75) is 46.0 Å². The highest BCUT2D eigenvalue weighted by molar-refractivity contribution is 5.23.